The molecule has 0 bridgehead atoms. The molecule has 1 atom stereocenters. The van der Waals surface area contributed by atoms with Crippen LogP contribution in [0.3, 0.4) is 0 Å². The highest BCUT2D eigenvalue weighted by Crippen LogP contribution is 2.38. The number of aliphatic hydroxyl groups is 1. The van der Waals surface area contributed by atoms with Gasteiger partial charge in [-0.3, -0.25) is 4.79 Å². The standard InChI is InChI=1S/C31H29ClF4N2O2S/c1-37-22-11-13-23(14-12-22)38(30(40)28-27(32)24-4-2-3-5-26(24)41-28)17-21-16-20(10-15-25(21)33)18-6-8-19(9-7-18)29(39)31(34,35)36/h2-10,15-16,22-23,29,37,39H,11-14,17H2,1H3/t22-,23-,29?. The van der Waals surface area contributed by atoms with Gasteiger partial charge in [-0.2, -0.15) is 13.2 Å². The molecule has 1 aromatic heterocycles. The predicted octanol–water partition coefficient (Wildman–Crippen LogP) is 8.13. The van der Waals surface area contributed by atoms with E-state index in [9.17, 15) is 23.1 Å². The SMILES string of the molecule is CN[C@H]1CC[C@H](N(Cc2cc(-c3ccc(C(O)C(F)(F)F)cc3)ccc2F)C(=O)c2sc3ccccc3c2Cl)CC1. The maximum Gasteiger partial charge on any atom is 0.418 e. The van der Waals surface area contributed by atoms with E-state index in [1.807, 2.05) is 31.3 Å². The van der Waals surface area contributed by atoms with Gasteiger partial charge in [-0.25, -0.2) is 4.39 Å². The highest BCUT2D eigenvalue weighted by molar-refractivity contribution is 7.21. The van der Waals surface area contributed by atoms with Crippen LogP contribution in [0.5, 0.6) is 0 Å². The van der Waals surface area contributed by atoms with Crippen molar-refractivity contribution in [3.8, 4) is 11.1 Å². The number of fused-ring (bicyclic) bond motifs is 1. The summed E-state index contributed by atoms with van der Waals surface area (Å²) in [5.74, 6) is -0.735. The lowest BCUT2D eigenvalue weighted by atomic mass is 9.89. The van der Waals surface area contributed by atoms with E-state index in [2.05, 4.69) is 5.32 Å². The maximum atomic E-state index is 15.2. The Balaban J connectivity index is 1.46. The van der Waals surface area contributed by atoms with Gasteiger partial charge < -0.3 is 15.3 Å². The molecule has 0 spiro atoms. The second-order valence-electron chi connectivity index (χ2n) is 10.3. The summed E-state index contributed by atoms with van der Waals surface area (Å²) >= 11 is 7.99. The Hall–Kier alpha value is -2.98. The minimum atomic E-state index is -4.77. The van der Waals surface area contributed by atoms with Gasteiger partial charge in [-0.05, 0) is 67.6 Å². The van der Waals surface area contributed by atoms with Gasteiger partial charge in [0.25, 0.3) is 5.91 Å². The molecule has 0 saturated heterocycles. The Bertz CT molecular complexity index is 1530. The van der Waals surface area contributed by atoms with Gasteiger partial charge in [0.2, 0.25) is 0 Å². The number of hydrogen-bond donors (Lipinski definition) is 2. The number of thiophene rings is 1. The van der Waals surface area contributed by atoms with Crippen LogP contribution in [0.15, 0.2) is 66.7 Å². The van der Waals surface area contributed by atoms with Crippen molar-refractivity contribution >= 4 is 38.9 Å². The minimum absolute atomic E-state index is 0.0167. The Morgan fingerprint density at radius 3 is 2.34 bits per heavy atom. The summed E-state index contributed by atoms with van der Waals surface area (Å²) in [6.07, 6.45) is -4.09. The van der Waals surface area contributed by atoms with Crippen LogP contribution < -0.4 is 5.32 Å². The number of hydrogen-bond acceptors (Lipinski definition) is 4. The minimum Gasteiger partial charge on any atom is -0.379 e. The molecule has 4 nitrogen and oxygen atoms in total. The van der Waals surface area contributed by atoms with E-state index in [1.165, 1.54) is 41.7 Å². The van der Waals surface area contributed by atoms with Gasteiger partial charge in [-0.1, -0.05) is 60.1 Å². The summed E-state index contributed by atoms with van der Waals surface area (Å²) in [5, 5.41) is 14.0. The summed E-state index contributed by atoms with van der Waals surface area (Å²) in [7, 11) is 1.92. The van der Waals surface area contributed by atoms with E-state index in [-0.39, 0.29) is 24.1 Å². The highest BCUT2D eigenvalue weighted by Gasteiger charge is 2.39. The number of nitrogens with one attached hydrogen (secondary N) is 1. The third kappa shape index (κ3) is 6.28. The van der Waals surface area contributed by atoms with E-state index in [0.29, 0.717) is 32.6 Å². The topological polar surface area (TPSA) is 52.6 Å². The van der Waals surface area contributed by atoms with E-state index in [4.69, 9.17) is 11.6 Å². The molecule has 1 aliphatic carbocycles. The second-order valence-corrected chi connectivity index (χ2v) is 11.8. The molecule has 0 aliphatic heterocycles. The quantitative estimate of drug-likeness (QED) is 0.209. The van der Waals surface area contributed by atoms with Crippen LogP contribution in [0.2, 0.25) is 5.02 Å². The lowest BCUT2D eigenvalue weighted by Gasteiger charge is -2.37. The van der Waals surface area contributed by atoms with Crippen molar-refractivity contribution in [1.29, 1.82) is 0 Å². The van der Waals surface area contributed by atoms with E-state index in [1.54, 1.807) is 17.0 Å². The van der Waals surface area contributed by atoms with E-state index >= 15 is 4.39 Å². The van der Waals surface area contributed by atoms with E-state index in [0.717, 1.165) is 35.8 Å². The Labute approximate surface area is 244 Å². The molecule has 216 valence electrons. The molecule has 3 aromatic carbocycles. The van der Waals surface area contributed by atoms with Crippen LogP contribution in [0, 0.1) is 5.82 Å². The first-order valence-electron chi connectivity index (χ1n) is 13.4. The highest BCUT2D eigenvalue weighted by atomic mass is 35.5. The summed E-state index contributed by atoms with van der Waals surface area (Å²) in [4.78, 5) is 16.2. The second kappa shape index (κ2) is 12.1. The number of halogens is 5. The maximum absolute atomic E-state index is 15.2. The van der Waals surface area contributed by atoms with Gasteiger partial charge in [0.1, 0.15) is 10.7 Å². The Kier molecular flexibility index (Phi) is 8.70. The number of benzene rings is 3. The fraction of sp³-hybridized carbons (Fsp3) is 0.323. The number of amides is 1. The van der Waals surface area contributed by atoms with Crippen LogP contribution >= 0.6 is 22.9 Å². The third-order valence-electron chi connectivity index (χ3n) is 7.79. The van der Waals surface area contributed by atoms with Gasteiger partial charge >= 0.3 is 6.18 Å². The van der Waals surface area contributed by atoms with Crippen molar-refractivity contribution in [3.05, 3.63) is 93.6 Å². The van der Waals surface area contributed by atoms with Crippen LogP contribution in [-0.2, 0) is 6.54 Å². The van der Waals surface area contributed by atoms with Crippen molar-refractivity contribution in [3.63, 3.8) is 0 Å². The lowest BCUT2D eigenvalue weighted by Crippen LogP contribution is -2.44. The average Bonchev–Trinajstić information content (AvgIpc) is 3.32. The number of carbonyl (C=O) groups excluding carboxylic acids is 1. The first kappa shape index (κ1) is 29.5. The molecular formula is C31H29ClF4N2O2S. The normalized spacial score (nSPS) is 18.4. The van der Waals surface area contributed by atoms with Crippen molar-refractivity contribution in [2.75, 3.05) is 7.05 Å². The number of aliphatic hydroxyl groups excluding tert-OH is 1. The molecule has 5 rings (SSSR count). The van der Waals surface area contributed by atoms with Crippen molar-refractivity contribution < 1.29 is 27.5 Å². The fourth-order valence-electron chi connectivity index (χ4n) is 5.43. The van der Waals surface area contributed by atoms with Crippen LogP contribution in [0.1, 0.15) is 52.6 Å². The Morgan fingerprint density at radius 1 is 1.05 bits per heavy atom. The molecule has 4 aromatic rings. The fourth-order valence-corrected chi connectivity index (χ4v) is 6.90. The Morgan fingerprint density at radius 2 is 1.71 bits per heavy atom. The van der Waals surface area contributed by atoms with Gasteiger partial charge in [-0.15, -0.1) is 11.3 Å². The number of alkyl halides is 3. The smallest absolute Gasteiger partial charge is 0.379 e. The van der Waals surface area contributed by atoms with Crippen LogP contribution in [0.25, 0.3) is 21.2 Å². The largest absolute Gasteiger partial charge is 0.418 e. The molecular weight excluding hydrogens is 576 g/mol. The first-order valence-corrected chi connectivity index (χ1v) is 14.5. The zero-order valence-corrected chi connectivity index (χ0v) is 23.8. The zero-order chi connectivity index (χ0) is 29.3. The molecule has 0 radical (unpaired) electrons. The molecule has 10 heteroatoms. The molecule has 1 fully saturated rings. The molecule has 41 heavy (non-hydrogen) atoms. The number of carbonyl (C=O) groups is 1. The van der Waals surface area contributed by atoms with Gasteiger partial charge in [0, 0.05) is 34.3 Å². The van der Waals surface area contributed by atoms with Crippen molar-refractivity contribution in [2.45, 2.75) is 56.6 Å². The molecule has 1 heterocycles. The molecule has 1 saturated carbocycles. The number of rotatable bonds is 7. The molecule has 1 aliphatic rings. The predicted molar refractivity (Wildman–Crippen MR) is 155 cm³/mol. The first-order chi connectivity index (χ1) is 19.6. The van der Waals surface area contributed by atoms with Gasteiger partial charge in [0.05, 0.1) is 5.02 Å². The summed E-state index contributed by atoms with van der Waals surface area (Å²) < 4.78 is 54.8. The molecule has 2 N–H and O–H groups in total. The van der Waals surface area contributed by atoms with Crippen molar-refractivity contribution in [1.82, 2.24) is 10.2 Å². The zero-order valence-electron chi connectivity index (χ0n) is 22.2. The van der Waals surface area contributed by atoms with Gasteiger partial charge in [0.15, 0.2) is 6.10 Å². The lowest BCUT2D eigenvalue weighted by molar-refractivity contribution is -0.206. The monoisotopic (exact) mass is 604 g/mol. The molecule has 1 unspecified atom stereocenters. The average molecular weight is 605 g/mol. The van der Waals surface area contributed by atoms with E-state index < -0.39 is 18.1 Å². The third-order valence-corrected chi connectivity index (χ3v) is 9.46. The molecule has 1 amide bonds. The van der Waals surface area contributed by atoms with Crippen LogP contribution in [0.4, 0.5) is 17.6 Å². The summed E-state index contributed by atoms with van der Waals surface area (Å²) in [5.41, 5.74) is 1.16. The summed E-state index contributed by atoms with van der Waals surface area (Å²) in [6.45, 7) is 0.0167. The van der Waals surface area contributed by atoms with Crippen molar-refractivity contribution in [2.24, 2.45) is 0 Å². The summed E-state index contributed by atoms with van der Waals surface area (Å²) in [6, 6.07) is 17.6. The van der Waals surface area contributed by atoms with Crippen LogP contribution in [-0.4, -0.2) is 41.2 Å². The number of nitrogens with zero attached hydrogens (tertiary/aromatic N) is 1.